The van der Waals surface area contributed by atoms with Crippen LogP contribution in [0.1, 0.15) is 11.1 Å². The van der Waals surface area contributed by atoms with E-state index in [4.69, 9.17) is 0 Å². The van der Waals surface area contributed by atoms with Gasteiger partial charge >= 0.3 is 0 Å². The topological polar surface area (TPSA) is 0 Å². The van der Waals surface area contributed by atoms with Crippen molar-refractivity contribution in [2.24, 2.45) is 0 Å². The van der Waals surface area contributed by atoms with Crippen molar-refractivity contribution in [2.45, 2.75) is 24.9 Å². The highest BCUT2D eigenvalue weighted by molar-refractivity contribution is 7.02. The first-order valence-corrected chi connectivity index (χ1v) is 11.2. The minimum absolute atomic E-state index is 0.911. The van der Waals surface area contributed by atoms with E-state index >= 15 is 0 Å². The first-order valence-electron chi connectivity index (χ1n) is 8.82. The van der Waals surface area contributed by atoms with Gasteiger partial charge in [0.15, 0.2) is 0 Å². The Bertz CT molecular complexity index is 654. The molecule has 0 aromatic heterocycles. The van der Waals surface area contributed by atoms with Crippen LogP contribution in [0.4, 0.5) is 0 Å². The van der Waals surface area contributed by atoms with Crippen LogP contribution in [0.2, 0.25) is 12.1 Å². The molecule has 0 nitrogen and oxygen atoms in total. The SMILES string of the molecule is C=CCc1ccc([Si](CC=C)(CC=C)c2ccc(CC=C)cc2)cc1. The number of hydrogen-bond acceptors (Lipinski definition) is 0. The van der Waals surface area contributed by atoms with E-state index in [1.165, 1.54) is 21.5 Å². The van der Waals surface area contributed by atoms with Gasteiger partial charge in [-0.1, -0.05) is 83.2 Å². The third kappa shape index (κ3) is 4.37. The summed E-state index contributed by atoms with van der Waals surface area (Å²) in [6.07, 6.45) is 9.87. The van der Waals surface area contributed by atoms with Crippen molar-refractivity contribution < 1.29 is 0 Å². The van der Waals surface area contributed by atoms with Crippen molar-refractivity contribution in [1.82, 2.24) is 0 Å². The summed E-state index contributed by atoms with van der Waals surface area (Å²) >= 11 is 0. The lowest BCUT2D eigenvalue weighted by molar-refractivity contribution is 1.28. The van der Waals surface area contributed by atoms with Crippen LogP contribution >= 0.6 is 0 Å². The molecule has 0 bridgehead atoms. The van der Waals surface area contributed by atoms with Gasteiger partial charge in [-0.15, -0.1) is 26.3 Å². The van der Waals surface area contributed by atoms with E-state index in [0.717, 1.165) is 24.9 Å². The molecule has 25 heavy (non-hydrogen) atoms. The lowest BCUT2D eigenvalue weighted by Crippen LogP contribution is -2.57. The van der Waals surface area contributed by atoms with Crippen LogP contribution in [0.3, 0.4) is 0 Å². The molecule has 0 saturated heterocycles. The molecular weight excluding hydrogens is 316 g/mol. The van der Waals surface area contributed by atoms with E-state index in [9.17, 15) is 0 Å². The number of hydrogen-bond donors (Lipinski definition) is 0. The Morgan fingerprint density at radius 1 is 0.560 bits per heavy atom. The lowest BCUT2D eigenvalue weighted by atomic mass is 10.1. The van der Waals surface area contributed by atoms with E-state index < -0.39 is 8.07 Å². The largest absolute Gasteiger partial charge is 0.125 e. The Labute approximate surface area is 153 Å². The second kappa shape index (κ2) is 9.19. The highest BCUT2D eigenvalue weighted by Gasteiger charge is 2.34. The van der Waals surface area contributed by atoms with Crippen molar-refractivity contribution in [3.05, 3.63) is 110 Å². The van der Waals surface area contributed by atoms with Crippen molar-refractivity contribution >= 4 is 18.4 Å². The first kappa shape index (κ1) is 18.9. The van der Waals surface area contributed by atoms with Gasteiger partial charge in [-0.2, -0.15) is 0 Å². The summed E-state index contributed by atoms with van der Waals surface area (Å²) in [6, 6.07) is 20.2. The molecule has 0 fully saturated rings. The smallest absolute Gasteiger partial charge is 0.103 e. The fourth-order valence-electron chi connectivity index (χ4n) is 3.47. The maximum absolute atomic E-state index is 4.05. The molecule has 2 rings (SSSR count). The summed E-state index contributed by atoms with van der Waals surface area (Å²) in [7, 11) is -1.93. The normalized spacial score (nSPS) is 10.9. The van der Waals surface area contributed by atoms with E-state index in [0.29, 0.717) is 0 Å². The second-order valence-electron chi connectivity index (χ2n) is 6.45. The van der Waals surface area contributed by atoms with Crippen molar-refractivity contribution in [3.8, 4) is 0 Å². The Balaban J connectivity index is 2.51. The molecule has 0 amide bonds. The zero-order chi connectivity index (χ0) is 18.1. The van der Waals surface area contributed by atoms with Crippen LogP contribution < -0.4 is 10.4 Å². The predicted molar refractivity (Wildman–Crippen MR) is 116 cm³/mol. The Hall–Kier alpha value is -2.38. The minimum atomic E-state index is -1.93. The molecule has 2 aromatic carbocycles. The molecule has 0 aliphatic rings. The van der Waals surface area contributed by atoms with Crippen molar-refractivity contribution in [3.63, 3.8) is 0 Å². The van der Waals surface area contributed by atoms with E-state index in [-0.39, 0.29) is 0 Å². The molecule has 0 spiro atoms. The predicted octanol–water partition coefficient (Wildman–Crippen LogP) is 5.08. The zero-order valence-corrected chi connectivity index (χ0v) is 16.1. The van der Waals surface area contributed by atoms with E-state index in [2.05, 4.69) is 87.0 Å². The van der Waals surface area contributed by atoms with E-state index in [1.54, 1.807) is 0 Å². The second-order valence-corrected chi connectivity index (χ2v) is 10.6. The van der Waals surface area contributed by atoms with Gasteiger partial charge in [0.2, 0.25) is 0 Å². The summed E-state index contributed by atoms with van der Waals surface area (Å²) in [4.78, 5) is 0. The Morgan fingerprint density at radius 2 is 0.920 bits per heavy atom. The molecule has 2 aromatic rings. The van der Waals surface area contributed by atoms with Gasteiger partial charge in [-0.3, -0.25) is 0 Å². The molecule has 0 unspecified atom stereocenters. The third-order valence-corrected chi connectivity index (χ3v) is 9.61. The lowest BCUT2D eigenvalue weighted by Gasteiger charge is -2.31. The fraction of sp³-hybridized carbons (Fsp3) is 0.167. The molecule has 0 atom stereocenters. The van der Waals surface area contributed by atoms with Crippen LogP contribution in [0.25, 0.3) is 0 Å². The van der Waals surface area contributed by atoms with Gasteiger partial charge in [0.1, 0.15) is 8.07 Å². The molecular formula is C24H28Si. The quantitative estimate of drug-likeness (QED) is 0.416. The van der Waals surface area contributed by atoms with Gasteiger partial charge in [0, 0.05) is 0 Å². The monoisotopic (exact) mass is 344 g/mol. The highest BCUT2D eigenvalue weighted by atomic mass is 28.3. The van der Waals surface area contributed by atoms with Crippen LogP contribution in [-0.4, -0.2) is 8.07 Å². The molecule has 0 saturated carbocycles. The maximum Gasteiger partial charge on any atom is 0.125 e. The van der Waals surface area contributed by atoms with Gasteiger partial charge in [0.05, 0.1) is 0 Å². The summed E-state index contributed by atoms with van der Waals surface area (Å²) in [5.74, 6) is 0. The van der Waals surface area contributed by atoms with Crippen molar-refractivity contribution in [2.75, 3.05) is 0 Å². The Kier molecular flexibility index (Phi) is 6.97. The van der Waals surface area contributed by atoms with Gasteiger partial charge in [-0.25, -0.2) is 0 Å². The molecule has 0 aliphatic heterocycles. The van der Waals surface area contributed by atoms with E-state index in [1.807, 2.05) is 12.2 Å². The standard InChI is InChI=1S/C24H28Si/c1-5-9-21-11-15-23(16-12-21)25(19-7-3,20-8-4)24-17-13-22(10-6-2)14-18-24/h5-8,11-18H,1-4,9-10,19-20H2. The minimum Gasteiger partial charge on any atom is -0.103 e. The van der Waals surface area contributed by atoms with Crippen LogP contribution in [-0.2, 0) is 12.8 Å². The van der Waals surface area contributed by atoms with Crippen molar-refractivity contribution in [1.29, 1.82) is 0 Å². The highest BCUT2D eigenvalue weighted by Crippen LogP contribution is 2.19. The molecule has 0 N–H and O–H groups in total. The number of benzene rings is 2. The zero-order valence-electron chi connectivity index (χ0n) is 15.1. The number of rotatable bonds is 10. The summed E-state index contributed by atoms with van der Waals surface area (Å²) in [6.45, 7) is 15.8. The third-order valence-electron chi connectivity index (χ3n) is 4.76. The first-order chi connectivity index (χ1) is 12.2. The summed E-state index contributed by atoms with van der Waals surface area (Å²) < 4.78 is 0. The van der Waals surface area contributed by atoms with Crippen LogP contribution in [0.5, 0.6) is 0 Å². The Morgan fingerprint density at radius 3 is 1.20 bits per heavy atom. The van der Waals surface area contributed by atoms with Gasteiger partial charge in [0.25, 0.3) is 0 Å². The molecule has 128 valence electrons. The van der Waals surface area contributed by atoms with Gasteiger partial charge in [-0.05, 0) is 36.1 Å². The van der Waals surface area contributed by atoms with Gasteiger partial charge < -0.3 is 0 Å². The summed E-state index contributed by atoms with van der Waals surface area (Å²) in [5, 5.41) is 2.88. The molecule has 0 radical (unpaired) electrons. The number of allylic oxidation sites excluding steroid dienone is 4. The molecule has 1 heteroatoms. The molecule has 0 aliphatic carbocycles. The fourth-order valence-corrected chi connectivity index (χ4v) is 7.51. The average Bonchev–Trinajstić information content (AvgIpc) is 2.63. The average molecular weight is 345 g/mol. The summed E-state index contributed by atoms with van der Waals surface area (Å²) in [5.41, 5.74) is 2.61. The molecule has 0 heterocycles. The van der Waals surface area contributed by atoms with Crippen LogP contribution in [0.15, 0.2) is 99.2 Å². The van der Waals surface area contributed by atoms with Crippen LogP contribution in [0, 0.1) is 0 Å². The maximum atomic E-state index is 4.05.